The van der Waals surface area contributed by atoms with Gasteiger partial charge in [0.2, 0.25) is 5.91 Å². The molecule has 21 heavy (non-hydrogen) atoms. The summed E-state index contributed by atoms with van der Waals surface area (Å²) in [6.45, 7) is 0.543. The summed E-state index contributed by atoms with van der Waals surface area (Å²) in [4.78, 5) is 19.4. The van der Waals surface area contributed by atoms with E-state index in [1.807, 2.05) is 0 Å². The predicted octanol–water partition coefficient (Wildman–Crippen LogP) is 2.72. The molecule has 1 aliphatic carbocycles. The Morgan fingerprint density at radius 1 is 1.43 bits per heavy atom. The lowest BCUT2D eigenvalue weighted by molar-refractivity contribution is -0.125. The number of hydrogen-bond acceptors (Lipinski definition) is 2. The maximum Gasteiger partial charge on any atom is 0.223 e. The van der Waals surface area contributed by atoms with Crippen molar-refractivity contribution in [3.8, 4) is 0 Å². The first-order chi connectivity index (χ1) is 10.2. The van der Waals surface area contributed by atoms with Crippen LogP contribution in [0.25, 0.3) is 11.0 Å². The third kappa shape index (κ3) is 3.29. The second-order valence-electron chi connectivity index (χ2n) is 5.37. The van der Waals surface area contributed by atoms with Crippen molar-refractivity contribution in [1.29, 1.82) is 0 Å². The molecule has 1 heterocycles. The Morgan fingerprint density at radius 3 is 3.14 bits per heavy atom. The van der Waals surface area contributed by atoms with Gasteiger partial charge in [-0.2, -0.15) is 0 Å². The molecule has 5 heteroatoms. The number of imidazole rings is 1. The van der Waals surface area contributed by atoms with Crippen molar-refractivity contribution in [2.75, 3.05) is 6.54 Å². The van der Waals surface area contributed by atoms with Crippen LogP contribution in [0.15, 0.2) is 30.4 Å². The molecule has 0 bridgehead atoms. The summed E-state index contributed by atoms with van der Waals surface area (Å²) in [7, 11) is 0. The van der Waals surface area contributed by atoms with Crippen LogP contribution >= 0.6 is 0 Å². The van der Waals surface area contributed by atoms with E-state index in [1.165, 1.54) is 12.1 Å². The number of carbonyl (C=O) groups is 1. The Kier molecular flexibility index (Phi) is 3.99. The highest BCUT2D eigenvalue weighted by Gasteiger charge is 2.18. The Morgan fingerprint density at radius 2 is 2.33 bits per heavy atom. The number of halogens is 1. The van der Waals surface area contributed by atoms with E-state index >= 15 is 0 Å². The molecule has 3 rings (SSSR count). The van der Waals surface area contributed by atoms with Gasteiger partial charge in [0, 0.05) is 18.9 Å². The van der Waals surface area contributed by atoms with E-state index in [0.717, 1.165) is 30.6 Å². The molecule has 1 aromatic carbocycles. The van der Waals surface area contributed by atoms with Gasteiger partial charge in [-0.1, -0.05) is 12.2 Å². The first-order valence-electron chi connectivity index (χ1n) is 7.29. The van der Waals surface area contributed by atoms with Crippen LogP contribution in [0.2, 0.25) is 0 Å². The van der Waals surface area contributed by atoms with E-state index < -0.39 is 0 Å². The van der Waals surface area contributed by atoms with Gasteiger partial charge in [-0.25, -0.2) is 9.37 Å². The number of rotatable bonds is 4. The maximum absolute atomic E-state index is 13.1. The van der Waals surface area contributed by atoms with Crippen molar-refractivity contribution in [2.45, 2.75) is 25.7 Å². The lowest BCUT2D eigenvalue weighted by Gasteiger charge is -2.16. The largest absolute Gasteiger partial charge is 0.355 e. The van der Waals surface area contributed by atoms with Crippen LogP contribution < -0.4 is 5.32 Å². The van der Waals surface area contributed by atoms with Gasteiger partial charge in [-0.3, -0.25) is 4.79 Å². The summed E-state index contributed by atoms with van der Waals surface area (Å²) >= 11 is 0. The summed E-state index contributed by atoms with van der Waals surface area (Å²) in [6, 6.07) is 4.47. The molecule has 0 aliphatic heterocycles. The van der Waals surface area contributed by atoms with Crippen molar-refractivity contribution in [3.05, 3.63) is 42.0 Å². The average molecular weight is 287 g/mol. The molecule has 0 fully saturated rings. The number of aromatic nitrogens is 2. The van der Waals surface area contributed by atoms with Gasteiger partial charge in [-0.05, 0) is 37.5 Å². The van der Waals surface area contributed by atoms with E-state index in [9.17, 15) is 9.18 Å². The molecular weight excluding hydrogens is 269 g/mol. The zero-order chi connectivity index (χ0) is 14.7. The molecule has 1 aliphatic rings. The minimum atomic E-state index is -0.281. The standard InChI is InChI=1S/C16H18FN3O/c17-12-6-7-13-14(10-12)20-15(19-13)8-9-18-16(21)11-4-2-1-3-5-11/h1-2,6-7,10-11H,3-5,8-9H2,(H,18,21)(H,19,20). The van der Waals surface area contributed by atoms with Crippen LogP contribution in [-0.2, 0) is 11.2 Å². The molecule has 0 spiro atoms. The Balaban J connectivity index is 1.54. The monoisotopic (exact) mass is 287 g/mol. The van der Waals surface area contributed by atoms with E-state index in [1.54, 1.807) is 6.07 Å². The van der Waals surface area contributed by atoms with Gasteiger partial charge in [0.25, 0.3) is 0 Å². The molecule has 1 atom stereocenters. The van der Waals surface area contributed by atoms with Crippen LogP contribution in [0.4, 0.5) is 4.39 Å². The number of benzene rings is 1. The highest BCUT2D eigenvalue weighted by molar-refractivity contribution is 5.79. The molecular formula is C16H18FN3O. The van der Waals surface area contributed by atoms with Gasteiger partial charge >= 0.3 is 0 Å². The fourth-order valence-corrected chi connectivity index (χ4v) is 2.63. The Labute approximate surface area is 122 Å². The first-order valence-corrected chi connectivity index (χ1v) is 7.29. The number of nitrogens with one attached hydrogen (secondary N) is 2. The summed E-state index contributed by atoms with van der Waals surface area (Å²) in [6.07, 6.45) is 7.54. The van der Waals surface area contributed by atoms with E-state index in [0.29, 0.717) is 18.5 Å². The van der Waals surface area contributed by atoms with Gasteiger partial charge in [-0.15, -0.1) is 0 Å². The Hall–Kier alpha value is -2.17. The molecule has 1 unspecified atom stereocenters. The minimum absolute atomic E-state index is 0.0970. The molecule has 110 valence electrons. The van der Waals surface area contributed by atoms with Crippen LogP contribution in [0, 0.1) is 11.7 Å². The number of amides is 1. The summed E-state index contributed by atoms with van der Waals surface area (Å²) in [5, 5.41) is 2.95. The quantitative estimate of drug-likeness (QED) is 0.849. The van der Waals surface area contributed by atoms with E-state index in [2.05, 4.69) is 27.4 Å². The van der Waals surface area contributed by atoms with Crippen molar-refractivity contribution in [2.24, 2.45) is 5.92 Å². The maximum atomic E-state index is 13.1. The minimum Gasteiger partial charge on any atom is -0.355 e. The molecule has 2 aromatic rings. The lowest BCUT2D eigenvalue weighted by atomic mass is 9.94. The fourth-order valence-electron chi connectivity index (χ4n) is 2.63. The SMILES string of the molecule is O=C(NCCc1nc2ccc(F)cc2[nH]1)C1CC=CCC1. The summed E-state index contributed by atoms with van der Waals surface area (Å²) in [5.41, 5.74) is 1.43. The molecule has 0 radical (unpaired) electrons. The number of allylic oxidation sites excluding steroid dienone is 2. The third-order valence-electron chi connectivity index (χ3n) is 3.79. The number of carbonyl (C=O) groups excluding carboxylic acids is 1. The molecule has 1 amide bonds. The molecule has 2 N–H and O–H groups in total. The number of nitrogens with zero attached hydrogens (tertiary/aromatic N) is 1. The van der Waals surface area contributed by atoms with Crippen LogP contribution in [-0.4, -0.2) is 22.4 Å². The van der Waals surface area contributed by atoms with Gasteiger partial charge in [0.1, 0.15) is 11.6 Å². The van der Waals surface area contributed by atoms with Crippen LogP contribution in [0.5, 0.6) is 0 Å². The predicted molar refractivity (Wildman–Crippen MR) is 79.2 cm³/mol. The second kappa shape index (κ2) is 6.08. The number of H-pyrrole nitrogens is 1. The Bertz CT molecular complexity index is 677. The zero-order valence-corrected chi connectivity index (χ0v) is 11.7. The van der Waals surface area contributed by atoms with Gasteiger partial charge < -0.3 is 10.3 Å². The van der Waals surface area contributed by atoms with Gasteiger partial charge in [0.05, 0.1) is 11.0 Å². The topological polar surface area (TPSA) is 57.8 Å². The average Bonchev–Trinajstić information content (AvgIpc) is 2.89. The normalized spacial score (nSPS) is 18.0. The fraction of sp³-hybridized carbons (Fsp3) is 0.375. The number of fused-ring (bicyclic) bond motifs is 1. The summed E-state index contributed by atoms with van der Waals surface area (Å²) < 4.78 is 13.1. The third-order valence-corrected chi connectivity index (χ3v) is 3.79. The van der Waals surface area contributed by atoms with Gasteiger partial charge in [0.15, 0.2) is 0 Å². The van der Waals surface area contributed by atoms with E-state index in [-0.39, 0.29) is 17.6 Å². The first kappa shape index (κ1) is 13.8. The zero-order valence-electron chi connectivity index (χ0n) is 11.7. The van der Waals surface area contributed by atoms with Crippen molar-refractivity contribution >= 4 is 16.9 Å². The highest BCUT2D eigenvalue weighted by Crippen LogP contribution is 2.18. The van der Waals surface area contributed by atoms with Crippen molar-refractivity contribution < 1.29 is 9.18 Å². The van der Waals surface area contributed by atoms with Crippen molar-refractivity contribution in [1.82, 2.24) is 15.3 Å². The van der Waals surface area contributed by atoms with Crippen LogP contribution in [0.1, 0.15) is 25.1 Å². The number of hydrogen-bond donors (Lipinski definition) is 2. The molecule has 4 nitrogen and oxygen atoms in total. The molecule has 0 saturated heterocycles. The smallest absolute Gasteiger partial charge is 0.223 e. The van der Waals surface area contributed by atoms with Crippen LogP contribution in [0.3, 0.4) is 0 Å². The highest BCUT2D eigenvalue weighted by atomic mass is 19.1. The van der Waals surface area contributed by atoms with Crippen molar-refractivity contribution in [3.63, 3.8) is 0 Å². The van der Waals surface area contributed by atoms with E-state index in [4.69, 9.17) is 0 Å². The molecule has 0 saturated carbocycles. The lowest BCUT2D eigenvalue weighted by Crippen LogP contribution is -2.32. The molecule has 1 aromatic heterocycles. The summed E-state index contributed by atoms with van der Waals surface area (Å²) in [5.74, 6) is 0.692. The second-order valence-corrected chi connectivity index (χ2v) is 5.37. The number of aromatic amines is 1.